The zero-order valence-corrected chi connectivity index (χ0v) is 14.4. The van der Waals surface area contributed by atoms with E-state index in [0.29, 0.717) is 24.7 Å². The third-order valence-electron chi connectivity index (χ3n) is 3.29. The molecule has 0 saturated heterocycles. The quantitative estimate of drug-likeness (QED) is 0.562. The summed E-state index contributed by atoms with van der Waals surface area (Å²) in [5.41, 5.74) is 1.81. The summed E-state index contributed by atoms with van der Waals surface area (Å²) in [7, 11) is 1.58. The molecule has 0 aliphatic rings. The number of nitrogens with one attached hydrogen (secondary N) is 1. The molecule has 0 aromatic heterocycles. The van der Waals surface area contributed by atoms with Gasteiger partial charge in [-0.05, 0) is 30.7 Å². The van der Waals surface area contributed by atoms with E-state index in [1.165, 1.54) is 6.21 Å². The standard InChI is InChI=1S/C19H22N2O4/c1-3-24-17-10-9-16(11-18(17)23-2)13-21-25-14-19(22)20-12-15-7-5-4-6-8-15/h4-11,13H,3,12,14H2,1-2H3,(H,20,22)/b21-13+. The van der Waals surface area contributed by atoms with E-state index in [2.05, 4.69) is 10.5 Å². The number of carbonyl (C=O) groups is 1. The maximum atomic E-state index is 11.7. The highest BCUT2D eigenvalue weighted by Gasteiger charge is 2.04. The number of benzene rings is 2. The van der Waals surface area contributed by atoms with Crippen molar-refractivity contribution in [1.29, 1.82) is 0 Å². The fraction of sp³-hybridized carbons (Fsp3) is 0.263. The molecule has 0 fully saturated rings. The normalized spacial score (nSPS) is 10.5. The smallest absolute Gasteiger partial charge is 0.261 e. The lowest BCUT2D eigenvalue weighted by Crippen LogP contribution is -2.26. The Bertz CT molecular complexity index is 702. The van der Waals surface area contributed by atoms with E-state index < -0.39 is 0 Å². The van der Waals surface area contributed by atoms with Gasteiger partial charge in [0.2, 0.25) is 0 Å². The van der Waals surface area contributed by atoms with Crippen LogP contribution in [0.2, 0.25) is 0 Å². The lowest BCUT2D eigenvalue weighted by Gasteiger charge is -2.09. The number of methoxy groups -OCH3 is 1. The first-order valence-corrected chi connectivity index (χ1v) is 7.99. The van der Waals surface area contributed by atoms with Crippen LogP contribution in [0.15, 0.2) is 53.7 Å². The lowest BCUT2D eigenvalue weighted by molar-refractivity contribution is -0.125. The molecule has 132 valence electrons. The summed E-state index contributed by atoms with van der Waals surface area (Å²) < 4.78 is 10.7. The van der Waals surface area contributed by atoms with Crippen LogP contribution >= 0.6 is 0 Å². The average Bonchev–Trinajstić information content (AvgIpc) is 2.65. The molecule has 0 aliphatic heterocycles. The number of amides is 1. The topological polar surface area (TPSA) is 69.2 Å². The van der Waals surface area contributed by atoms with Crippen molar-refractivity contribution >= 4 is 12.1 Å². The minimum absolute atomic E-state index is 0.141. The number of rotatable bonds is 9. The number of carbonyl (C=O) groups excluding carboxylic acids is 1. The molecule has 0 saturated carbocycles. The molecular weight excluding hydrogens is 320 g/mol. The van der Waals surface area contributed by atoms with Crippen LogP contribution in [-0.4, -0.2) is 32.4 Å². The van der Waals surface area contributed by atoms with Crippen molar-refractivity contribution in [3.8, 4) is 11.5 Å². The summed E-state index contributed by atoms with van der Waals surface area (Å²) >= 11 is 0. The lowest BCUT2D eigenvalue weighted by atomic mass is 10.2. The molecule has 2 aromatic rings. The van der Waals surface area contributed by atoms with Gasteiger partial charge in [0.15, 0.2) is 18.1 Å². The van der Waals surface area contributed by atoms with Crippen molar-refractivity contribution in [1.82, 2.24) is 5.32 Å². The highest BCUT2D eigenvalue weighted by molar-refractivity contribution is 5.81. The molecule has 6 nitrogen and oxygen atoms in total. The highest BCUT2D eigenvalue weighted by atomic mass is 16.6. The molecule has 2 aromatic carbocycles. The molecule has 1 N–H and O–H groups in total. The fourth-order valence-electron chi connectivity index (χ4n) is 2.08. The van der Waals surface area contributed by atoms with Crippen LogP contribution in [0.5, 0.6) is 11.5 Å². The van der Waals surface area contributed by atoms with Crippen LogP contribution in [0, 0.1) is 0 Å². The van der Waals surface area contributed by atoms with Crippen LogP contribution < -0.4 is 14.8 Å². The Hall–Kier alpha value is -3.02. The minimum Gasteiger partial charge on any atom is -0.493 e. The van der Waals surface area contributed by atoms with E-state index in [4.69, 9.17) is 14.3 Å². The molecule has 6 heteroatoms. The summed E-state index contributed by atoms with van der Waals surface area (Å²) in [6.45, 7) is 2.79. The second kappa shape index (κ2) is 9.97. The van der Waals surface area contributed by atoms with E-state index in [9.17, 15) is 4.79 Å². The first-order valence-electron chi connectivity index (χ1n) is 7.99. The molecule has 25 heavy (non-hydrogen) atoms. The molecule has 0 aliphatic carbocycles. The molecule has 1 amide bonds. The maximum absolute atomic E-state index is 11.7. The summed E-state index contributed by atoms with van der Waals surface area (Å²) in [5.74, 6) is 1.06. The summed E-state index contributed by atoms with van der Waals surface area (Å²) in [5, 5.41) is 6.57. The first-order chi connectivity index (χ1) is 12.2. The van der Waals surface area contributed by atoms with Gasteiger partial charge >= 0.3 is 0 Å². The zero-order chi connectivity index (χ0) is 17.9. The summed E-state index contributed by atoms with van der Waals surface area (Å²) in [6.07, 6.45) is 1.52. The summed E-state index contributed by atoms with van der Waals surface area (Å²) in [6, 6.07) is 15.1. The fourth-order valence-corrected chi connectivity index (χ4v) is 2.08. The molecular formula is C19H22N2O4. The van der Waals surface area contributed by atoms with Gasteiger partial charge in [-0.3, -0.25) is 4.79 Å². The highest BCUT2D eigenvalue weighted by Crippen LogP contribution is 2.27. The van der Waals surface area contributed by atoms with Gasteiger partial charge in [-0.1, -0.05) is 35.5 Å². The van der Waals surface area contributed by atoms with Gasteiger partial charge in [-0.25, -0.2) is 0 Å². The van der Waals surface area contributed by atoms with Crippen molar-refractivity contribution in [2.45, 2.75) is 13.5 Å². The van der Waals surface area contributed by atoms with E-state index in [1.54, 1.807) is 19.2 Å². The third kappa shape index (κ3) is 6.18. The Morgan fingerprint density at radius 1 is 1.16 bits per heavy atom. The van der Waals surface area contributed by atoms with Gasteiger partial charge in [0, 0.05) is 12.1 Å². The molecule has 0 heterocycles. The Labute approximate surface area is 147 Å². The number of ether oxygens (including phenoxy) is 2. The van der Waals surface area contributed by atoms with Crippen LogP contribution in [0.4, 0.5) is 0 Å². The van der Waals surface area contributed by atoms with E-state index in [1.807, 2.05) is 43.3 Å². The second-order valence-corrected chi connectivity index (χ2v) is 5.11. The van der Waals surface area contributed by atoms with Gasteiger partial charge in [-0.2, -0.15) is 0 Å². The van der Waals surface area contributed by atoms with Gasteiger partial charge in [0.05, 0.1) is 19.9 Å². The molecule has 0 unspecified atom stereocenters. The van der Waals surface area contributed by atoms with E-state index in [0.717, 1.165) is 11.1 Å². The molecule has 0 radical (unpaired) electrons. The van der Waals surface area contributed by atoms with Gasteiger partial charge < -0.3 is 19.6 Å². The first kappa shape index (κ1) is 18.3. The number of hydrogen-bond acceptors (Lipinski definition) is 5. The van der Waals surface area contributed by atoms with Crippen molar-refractivity contribution in [3.05, 3.63) is 59.7 Å². The second-order valence-electron chi connectivity index (χ2n) is 5.11. The monoisotopic (exact) mass is 342 g/mol. The third-order valence-corrected chi connectivity index (χ3v) is 3.29. The number of oxime groups is 1. The van der Waals surface area contributed by atoms with E-state index >= 15 is 0 Å². The minimum atomic E-state index is -0.231. The Morgan fingerprint density at radius 2 is 1.96 bits per heavy atom. The summed E-state index contributed by atoms with van der Waals surface area (Å²) in [4.78, 5) is 16.7. The van der Waals surface area contributed by atoms with Crippen molar-refractivity contribution < 1.29 is 19.1 Å². The number of nitrogens with zero attached hydrogens (tertiary/aromatic N) is 1. The van der Waals surface area contributed by atoms with Crippen molar-refractivity contribution in [2.24, 2.45) is 5.16 Å². The largest absolute Gasteiger partial charge is 0.493 e. The molecule has 2 rings (SSSR count). The SMILES string of the molecule is CCOc1ccc(/C=N/OCC(=O)NCc2ccccc2)cc1OC. The Balaban J connectivity index is 1.77. The van der Waals surface area contributed by atoms with Gasteiger partial charge in [0.1, 0.15) is 0 Å². The van der Waals surface area contributed by atoms with Crippen molar-refractivity contribution in [3.63, 3.8) is 0 Å². The number of hydrogen-bond donors (Lipinski definition) is 1. The van der Waals surface area contributed by atoms with Crippen LogP contribution in [0.1, 0.15) is 18.1 Å². The molecule has 0 atom stereocenters. The Kier molecular flexibility index (Phi) is 7.31. The van der Waals surface area contributed by atoms with Gasteiger partial charge in [-0.15, -0.1) is 0 Å². The van der Waals surface area contributed by atoms with Crippen LogP contribution in [-0.2, 0) is 16.2 Å². The average molecular weight is 342 g/mol. The predicted molar refractivity (Wildman–Crippen MR) is 96.0 cm³/mol. The van der Waals surface area contributed by atoms with Gasteiger partial charge in [0.25, 0.3) is 5.91 Å². The zero-order valence-electron chi connectivity index (χ0n) is 14.4. The predicted octanol–water partition coefficient (Wildman–Crippen LogP) is 2.76. The van der Waals surface area contributed by atoms with Crippen LogP contribution in [0.3, 0.4) is 0 Å². The molecule has 0 bridgehead atoms. The Morgan fingerprint density at radius 3 is 2.68 bits per heavy atom. The molecule has 0 spiro atoms. The maximum Gasteiger partial charge on any atom is 0.261 e. The van der Waals surface area contributed by atoms with Crippen LogP contribution in [0.25, 0.3) is 0 Å². The van der Waals surface area contributed by atoms with E-state index in [-0.39, 0.29) is 12.5 Å². The van der Waals surface area contributed by atoms with Crippen molar-refractivity contribution in [2.75, 3.05) is 20.3 Å².